The fourth-order valence-corrected chi connectivity index (χ4v) is 2.77. The van der Waals surface area contributed by atoms with E-state index in [1.54, 1.807) is 14.2 Å². The molecule has 0 saturated carbocycles. The summed E-state index contributed by atoms with van der Waals surface area (Å²) in [6, 6.07) is 6.10. The highest BCUT2D eigenvalue weighted by Crippen LogP contribution is 2.28. The zero-order valence-corrected chi connectivity index (χ0v) is 16.6. The van der Waals surface area contributed by atoms with Gasteiger partial charge in [0.25, 0.3) is 0 Å². The molecule has 0 amide bonds. The van der Waals surface area contributed by atoms with Crippen molar-refractivity contribution in [3.63, 3.8) is 0 Å². The number of rotatable bonds is 9. The minimum absolute atomic E-state index is 0. The molecule has 1 aromatic rings. The summed E-state index contributed by atoms with van der Waals surface area (Å²) in [6.45, 7) is 7.28. The van der Waals surface area contributed by atoms with Crippen LogP contribution in [0.3, 0.4) is 0 Å². The van der Waals surface area contributed by atoms with Crippen molar-refractivity contribution in [2.75, 3.05) is 66.8 Å². The summed E-state index contributed by atoms with van der Waals surface area (Å²) < 4.78 is 16.0. The standard InChI is InChI=1S/C17H28N2O4.2ClH/c1-21-16-4-3-15(13-17(16)22-2)14-19-7-5-18(6-8-19)9-11-23-12-10-20;;/h3-4,13,20H,5-12,14H2,1-2H3;2*1H. The molecule has 6 nitrogen and oxygen atoms in total. The lowest BCUT2D eigenvalue weighted by Crippen LogP contribution is -2.46. The van der Waals surface area contributed by atoms with Gasteiger partial charge in [-0.05, 0) is 17.7 Å². The van der Waals surface area contributed by atoms with Gasteiger partial charge in [0.2, 0.25) is 0 Å². The molecular formula is C17H30Cl2N2O4. The number of aliphatic hydroxyl groups excluding tert-OH is 1. The quantitative estimate of drug-likeness (QED) is 0.640. The van der Waals surface area contributed by atoms with E-state index < -0.39 is 0 Å². The van der Waals surface area contributed by atoms with Crippen molar-refractivity contribution in [1.82, 2.24) is 9.80 Å². The van der Waals surface area contributed by atoms with Gasteiger partial charge in [0.05, 0.1) is 34.0 Å². The van der Waals surface area contributed by atoms with Crippen LogP contribution in [-0.2, 0) is 11.3 Å². The van der Waals surface area contributed by atoms with Crippen molar-refractivity contribution in [3.8, 4) is 11.5 Å². The number of halogens is 2. The van der Waals surface area contributed by atoms with Gasteiger partial charge in [0.15, 0.2) is 11.5 Å². The van der Waals surface area contributed by atoms with Gasteiger partial charge in [-0.2, -0.15) is 0 Å². The Morgan fingerprint density at radius 1 is 0.920 bits per heavy atom. The lowest BCUT2D eigenvalue weighted by molar-refractivity contribution is 0.0563. The first-order valence-corrected chi connectivity index (χ1v) is 8.11. The van der Waals surface area contributed by atoms with E-state index in [4.69, 9.17) is 19.3 Å². The third-order valence-corrected chi connectivity index (χ3v) is 4.11. The summed E-state index contributed by atoms with van der Waals surface area (Å²) in [7, 11) is 3.32. The molecule has 1 N–H and O–H groups in total. The topological polar surface area (TPSA) is 54.4 Å². The van der Waals surface area contributed by atoms with Gasteiger partial charge >= 0.3 is 0 Å². The smallest absolute Gasteiger partial charge is 0.161 e. The minimum atomic E-state index is 0. The number of ether oxygens (including phenoxy) is 3. The molecule has 0 aliphatic carbocycles. The van der Waals surface area contributed by atoms with Crippen molar-refractivity contribution in [3.05, 3.63) is 23.8 Å². The number of piperazine rings is 1. The van der Waals surface area contributed by atoms with Crippen LogP contribution >= 0.6 is 24.8 Å². The molecule has 1 aliphatic heterocycles. The Labute approximate surface area is 162 Å². The molecule has 146 valence electrons. The minimum Gasteiger partial charge on any atom is -0.493 e. The molecular weight excluding hydrogens is 367 g/mol. The number of nitrogens with zero attached hydrogens (tertiary/aromatic N) is 2. The second kappa shape index (κ2) is 13.4. The fourth-order valence-electron chi connectivity index (χ4n) is 2.77. The van der Waals surface area contributed by atoms with Gasteiger partial charge in [-0.25, -0.2) is 0 Å². The maximum Gasteiger partial charge on any atom is 0.161 e. The molecule has 1 heterocycles. The molecule has 1 aromatic carbocycles. The molecule has 0 unspecified atom stereocenters. The predicted molar refractivity (Wildman–Crippen MR) is 104 cm³/mol. The average molecular weight is 397 g/mol. The van der Waals surface area contributed by atoms with Crippen molar-refractivity contribution in [2.24, 2.45) is 0 Å². The summed E-state index contributed by atoms with van der Waals surface area (Å²) in [4.78, 5) is 4.86. The van der Waals surface area contributed by atoms with E-state index in [2.05, 4.69) is 15.9 Å². The highest BCUT2D eigenvalue weighted by molar-refractivity contribution is 5.85. The first kappa shape index (κ1) is 24.2. The Bertz CT molecular complexity index is 472. The van der Waals surface area contributed by atoms with Crippen molar-refractivity contribution in [1.29, 1.82) is 0 Å². The molecule has 1 aliphatic rings. The van der Waals surface area contributed by atoms with E-state index in [1.165, 1.54) is 5.56 Å². The number of aliphatic hydroxyl groups is 1. The van der Waals surface area contributed by atoms with Crippen molar-refractivity contribution in [2.45, 2.75) is 6.54 Å². The van der Waals surface area contributed by atoms with E-state index in [1.807, 2.05) is 12.1 Å². The lowest BCUT2D eigenvalue weighted by atomic mass is 10.1. The molecule has 0 radical (unpaired) electrons. The summed E-state index contributed by atoms with van der Waals surface area (Å²) in [6.07, 6.45) is 0. The first-order valence-electron chi connectivity index (χ1n) is 8.11. The van der Waals surface area contributed by atoms with Crippen LogP contribution < -0.4 is 9.47 Å². The maximum atomic E-state index is 8.69. The number of hydrogen-bond donors (Lipinski definition) is 1. The van der Waals surface area contributed by atoms with Gasteiger partial charge in [0, 0.05) is 39.3 Å². The van der Waals surface area contributed by atoms with Crippen LogP contribution in [0.2, 0.25) is 0 Å². The largest absolute Gasteiger partial charge is 0.493 e. The normalized spacial score (nSPS) is 15.2. The summed E-state index contributed by atoms with van der Waals surface area (Å²) in [5.74, 6) is 1.55. The average Bonchev–Trinajstić information content (AvgIpc) is 2.60. The Morgan fingerprint density at radius 2 is 1.56 bits per heavy atom. The van der Waals surface area contributed by atoms with Crippen LogP contribution in [-0.4, -0.2) is 81.7 Å². The summed E-state index contributed by atoms with van der Waals surface area (Å²) in [5, 5.41) is 8.69. The van der Waals surface area contributed by atoms with Crippen LogP contribution in [0.25, 0.3) is 0 Å². The van der Waals surface area contributed by atoms with Gasteiger partial charge in [-0.3, -0.25) is 9.80 Å². The number of hydrogen-bond acceptors (Lipinski definition) is 6. The molecule has 0 spiro atoms. The second-order valence-corrected chi connectivity index (χ2v) is 5.64. The monoisotopic (exact) mass is 396 g/mol. The van der Waals surface area contributed by atoms with Crippen LogP contribution in [0.5, 0.6) is 11.5 Å². The van der Waals surface area contributed by atoms with Crippen LogP contribution in [0.4, 0.5) is 0 Å². The van der Waals surface area contributed by atoms with Gasteiger partial charge in [-0.1, -0.05) is 6.07 Å². The zero-order chi connectivity index (χ0) is 16.5. The van der Waals surface area contributed by atoms with Crippen molar-refractivity contribution < 1.29 is 19.3 Å². The van der Waals surface area contributed by atoms with Gasteiger partial charge in [-0.15, -0.1) is 24.8 Å². The Balaban J connectivity index is 0.00000288. The Morgan fingerprint density at radius 3 is 2.16 bits per heavy atom. The lowest BCUT2D eigenvalue weighted by Gasteiger charge is -2.34. The van der Waals surface area contributed by atoms with E-state index in [9.17, 15) is 0 Å². The Kier molecular flexibility index (Phi) is 13.0. The van der Waals surface area contributed by atoms with E-state index >= 15 is 0 Å². The third-order valence-electron chi connectivity index (χ3n) is 4.11. The molecule has 2 rings (SSSR count). The predicted octanol–water partition coefficient (Wildman–Crippen LogP) is 1.67. The second-order valence-electron chi connectivity index (χ2n) is 5.64. The van der Waals surface area contributed by atoms with Gasteiger partial charge < -0.3 is 19.3 Å². The van der Waals surface area contributed by atoms with E-state index in [0.29, 0.717) is 13.2 Å². The molecule has 25 heavy (non-hydrogen) atoms. The molecule has 8 heteroatoms. The molecule has 1 saturated heterocycles. The maximum absolute atomic E-state index is 8.69. The SMILES string of the molecule is COc1ccc(CN2CCN(CCOCCO)CC2)cc1OC.Cl.Cl. The molecule has 1 fully saturated rings. The van der Waals surface area contributed by atoms with Crippen molar-refractivity contribution >= 4 is 24.8 Å². The summed E-state index contributed by atoms with van der Waals surface area (Å²) >= 11 is 0. The highest BCUT2D eigenvalue weighted by Gasteiger charge is 2.17. The van der Waals surface area contributed by atoms with Crippen LogP contribution in [0, 0.1) is 0 Å². The zero-order valence-electron chi connectivity index (χ0n) is 15.0. The summed E-state index contributed by atoms with van der Waals surface area (Å²) in [5.41, 5.74) is 1.24. The molecule has 0 atom stereocenters. The van der Waals surface area contributed by atoms with E-state index in [0.717, 1.165) is 50.8 Å². The van der Waals surface area contributed by atoms with Gasteiger partial charge in [0.1, 0.15) is 0 Å². The van der Waals surface area contributed by atoms with Crippen LogP contribution in [0.15, 0.2) is 18.2 Å². The molecule has 0 aromatic heterocycles. The fraction of sp³-hybridized carbons (Fsp3) is 0.647. The van der Waals surface area contributed by atoms with Crippen LogP contribution in [0.1, 0.15) is 5.56 Å². The number of benzene rings is 1. The highest BCUT2D eigenvalue weighted by atomic mass is 35.5. The Hall–Kier alpha value is -0.760. The third kappa shape index (κ3) is 7.98. The molecule has 0 bridgehead atoms. The van der Waals surface area contributed by atoms with E-state index in [-0.39, 0.29) is 31.4 Å². The first-order chi connectivity index (χ1) is 11.3. The number of methoxy groups -OCH3 is 2.